The van der Waals surface area contributed by atoms with E-state index in [0.717, 1.165) is 18.4 Å². The van der Waals surface area contributed by atoms with Crippen LogP contribution in [0.4, 0.5) is 5.69 Å². The minimum atomic E-state index is -1.19. The molecule has 0 radical (unpaired) electrons. The van der Waals surface area contributed by atoms with Crippen molar-refractivity contribution in [2.45, 2.75) is 32.2 Å². The number of benzene rings is 1. The van der Waals surface area contributed by atoms with Gasteiger partial charge in [0.25, 0.3) is 5.91 Å². The summed E-state index contributed by atoms with van der Waals surface area (Å²) in [6, 6.07) is 4.92. The maximum absolute atomic E-state index is 12.1. The third-order valence-corrected chi connectivity index (χ3v) is 3.74. The van der Waals surface area contributed by atoms with Crippen molar-refractivity contribution in [3.63, 3.8) is 0 Å². The summed E-state index contributed by atoms with van der Waals surface area (Å²) in [7, 11) is 0. The summed E-state index contributed by atoms with van der Waals surface area (Å²) in [5, 5.41) is 11.9. The zero-order chi connectivity index (χ0) is 14.2. The molecule has 102 valence electrons. The van der Waals surface area contributed by atoms with Crippen LogP contribution in [0.3, 0.4) is 0 Å². The maximum atomic E-state index is 12.1. The second-order valence-electron chi connectivity index (χ2n) is 5.31. The molecular formula is C14H18N2O3. The van der Waals surface area contributed by atoms with Gasteiger partial charge in [-0.2, -0.15) is 0 Å². The first-order chi connectivity index (χ1) is 8.84. The Labute approximate surface area is 111 Å². The van der Waals surface area contributed by atoms with Gasteiger partial charge in [0.2, 0.25) is 0 Å². The van der Waals surface area contributed by atoms with Crippen molar-refractivity contribution >= 4 is 17.6 Å². The number of nitrogen functional groups attached to an aromatic ring is 1. The molecule has 1 aliphatic carbocycles. The van der Waals surface area contributed by atoms with Crippen molar-refractivity contribution in [2.75, 3.05) is 5.73 Å². The van der Waals surface area contributed by atoms with E-state index in [1.807, 2.05) is 6.92 Å². The van der Waals surface area contributed by atoms with Crippen LogP contribution in [0.15, 0.2) is 18.2 Å². The van der Waals surface area contributed by atoms with Gasteiger partial charge < -0.3 is 16.2 Å². The molecule has 1 aromatic carbocycles. The molecule has 2 rings (SSSR count). The Morgan fingerprint density at radius 3 is 2.53 bits per heavy atom. The second kappa shape index (κ2) is 4.57. The molecule has 0 bridgehead atoms. The van der Waals surface area contributed by atoms with E-state index in [-0.39, 0.29) is 11.8 Å². The Bertz CT molecular complexity index is 537. The van der Waals surface area contributed by atoms with Gasteiger partial charge in [0.1, 0.15) is 5.54 Å². The maximum Gasteiger partial charge on any atom is 0.329 e. The van der Waals surface area contributed by atoms with Gasteiger partial charge in [-0.15, -0.1) is 0 Å². The number of rotatable bonds is 4. The van der Waals surface area contributed by atoms with E-state index in [4.69, 9.17) is 5.73 Å². The molecule has 0 heterocycles. The van der Waals surface area contributed by atoms with Crippen molar-refractivity contribution in [2.24, 2.45) is 5.92 Å². The monoisotopic (exact) mass is 262 g/mol. The van der Waals surface area contributed by atoms with E-state index in [1.54, 1.807) is 25.1 Å². The quantitative estimate of drug-likeness (QED) is 0.718. The Morgan fingerprint density at radius 2 is 2.05 bits per heavy atom. The number of carboxylic acid groups (broad SMARTS) is 1. The molecule has 1 saturated carbocycles. The Hall–Kier alpha value is -2.04. The van der Waals surface area contributed by atoms with Gasteiger partial charge in [-0.05, 0) is 56.4 Å². The topological polar surface area (TPSA) is 92.4 Å². The van der Waals surface area contributed by atoms with Crippen molar-refractivity contribution in [1.29, 1.82) is 0 Å². The molecule has 1 aliphatic rings. The lowest BCUT2D eigenvalue weighted by atomic mass is 9.95. The summed E-state index contributed by atoms with van der Waals surface area (Å²) in [4.78, 5) is 23.5. The molecule has 0 saturated heterocycles. The molecule has 1 atom stereocenters. The average molecular weight is 262 g/mol. The summed E-state index contributed by atoms with van der Waals surface area (Å²) < 4.78 is 0. The van der Waals surface area contributed by atoms with Crippen LogP contribution in [-0.2, 0) is 4.79 Å². The van der Waals surface area contributed by atoms with E-state index in [9.17, 15) is 14.7 Å². The van der Waals surface area contributed by atoms with Crippen LogP contribution in [0.2, 0.25) is 0 Å². The number of carbonyl (C=O) groups is 2. The lowest BCUT2D eigenvalue weighted by Gasteiger charge is -2.26. The number of aryl methyl sites for hydroxylation is 1. The molecule has 1 amide bonds. The van der Waals surface area contributed by atoms with E-state index < -0.39 is 11.5 Å². The largest absolute Gasteiger partial charge is 0.480 e. The van der Waals surface area contributed by atoms with Crippen LogP contribution in [0.5, 0.6) is 0 Å². The molecule has 4 N–H and O–H groups in total. The molecule has 19 heavy (non-hydrogen) atoms. The molecule has 1 aromatic rings. The summed E-state index contributed by atoms with van der Waals surface area (Å²) >= 11 is 0. The number of aliphatic carboxylic acids is 1. The first-order valence-corrected chi connectivity index (χ1v) is 6.26. The summed E-state index contributed by atoms with van der Waals surface area (Å²) in [6.07, 6.45) is 1.67. The number of amides is 1. The standard InChI is InChI=1S/C14H18N2O3/c1-8-7-9(3-6-11(8)15)12(17)16-14(2,13(18)19)10-4-5-10/h3,6-7,10H,4-5,15H2,1-2H3,(H,16,17)(H,18,19). The summed E-state index contributed by atoms with van der Waals surface area (Å²) in [6.45, 7) is 3.37. The fourth-order valence-electron chi connectivity index (χ4n) is 2.12. The average Bonchev–Trinajstić information content (AvgIpc) is 3.16. The predicted octanol–water partition coefficient (Wildman–Crippen LogP) is 1.56. The lowest BCUT2D eigenvalue weighted by molar-refractivity contribution is -0.144. The molecule has 5 nitrogen and oxygen atoms in total. The van der Waals surface area contributed by atoms with Gasteiger partial charge in [-0.25, -0.2) is 4.79 Å². The fourth-order valence-corrected chi connectivity index (χ4v) is 2.12. The third kappa shape index (κ3) is 2.54. The summed E-state index contributed by atoms with van der Waals surface area (Å²) in [5.74, 6) is -1.35. The number of nitrogens with two attached hydrogens (primary N) is 1. The number of hydrogen-bond donors (Lipinski definition) is 3. The van der Waals surface area contributed by atoms with Crippen LogP contribution in [-0.4, -0.2) is 22.5 Å². The minimum absolute atomic E-state index is 0.0174. The minimum Gasteiger partial charge on any atom is -0.480 e. The van der Waals surface area contributed by atoms with E-state index in [2.05, 4.69) is 5.32 Å². The zero-order valence-electron chi connectivity index (χ0n) is 11.1. The van der Waals surface area contributed by atoms with E-state index in [0.29, 0.717) is 11.3 Å². The van der Waals surface area contributed by atoms with E-state index in [1.165, 1.54) is 0 Å². The van der Waals surface area contributed by atoms with Crippen LogP contribution >= 0.6 is 0 Å². The Morgan fingerprint density at radius 1 is 1.42 bits per heavy atom. The molecular weight excluding hydrogens is 244 g/mol. The Kier molecular flexibility index (Phi) is 3.22. The predicted molar refractivity (Wildman–Crippen MR) is 71.8 cm³/mol. The van der Waals surface area contributed by atoms with Crippen molar-refractivity contribution in [3.8, 4) is 0 Å². The van der Waals surface area contributed by atoms with Gasteiger partial charge in [0.15, 0.2) is 0 Å². The molecule has 1 unspecified atom stereocenters. The van der Waals surface area contributed by atoms with Crippen LogP contribution in [0.1, 0.15) is 35.7 Å². The van der Waals surface area contributed by atoms with Crippen LogP contribution in [0, 0.1) is 12.8 Å². The highest BCUT2D eigenvalue weighted by Gasteiger charge is 2.48. The number of carboxylic acids is 1. The van der Waals surface area contributed by atoms with Crippen LogP contribution < -0.4 is 11.1 Å². The smallest absolute Gasteiger partial charge is 0.329 e. The first kappa shape index (κ1) is 13.4. The molecule has 0 spiro atoms. The van der Waals surface area contributed by atoms with Gasteiger partial charge >= 0.3 is 5.97 Å². The number of carbonyl (C=O) groups excluding carboxylic acids is 1. The van der Waals surface area contributed by atoms with Gasteiger partial charge in [-0.3, -0.25) is 4.79 Å². The number of hydrogen-bond acceptors (Lipinski definition) is 3. The van der Waals surface area contributed by atoms with E-state index >= 15 is 0 Å². The SMILES string of the molecule is Cc1cc(C(=O)NC(C)(C(=O)O)C2CC2)ccc1N. The highest BCUT2D eigenvalue weighted by Crippen LogP contribution is 2.39. The van der Waals surface area contributed by atoms with Gasteiger partial charge in [0, 0.05) is 11.3 Å². The third-order valence-electron chi connectivity index (χ3n) is 3.74. The fraction of sp³-hybridized carbons (Fsp3) is 0.429. The normalized spacial score (nSPS) is 17.6. The highest BCUT2D eigenvalue weighted by molar-refractivity contribution is 5.98. The van der Waals surface area contributed by atoms with Crippen LogP contribution in [0.25, 0.3) is 0 Å². The molecule has 1 fully saturated rings. The highest BCUT2D eigenvalue weighted by atomic mass is 16.4. The lowest BCUT2D eigenvalue weighted by Crippen LogP contribution is -2.54. The molecule has 5 heteroatoms. The Balaban J connectivity index is 2.20. The molecule has 0 aromatic heterocycles. The number of nitrogens with one attached hydrogen (secondary N) is 1. The van der Waals surface area contributed by atoms with Crippen molar-refractivity contribution in [3.05, 3.63) is 29.3 Å². The summed E-state index contributed by atoms with van der Waals surface area (Å²) in [5.41, 5.74) is 6.35. The molecule has 0 aliphatic heterocycles. The van der Waals surface area contributed by atoms with Gasteiger partial charge in [-0.1, -0.05) is 0 Å². The van der Waals surface area contributed by atoms with Crippen molar-refractivity contribution in [1.82, 2.24) is 5.32 Å². The first-order valence-electron chi connectivity index (χ1n) is 6.26. The van der Waals surface area contributed by atoms with Gasteiger partial charge in [0.05, 0.1) is 0 Å². The van der Waals surface area contributed by atoms with Crippen molar-refractivity contribution < 1.29 is 14.7 Å². The second-order valence-corrected chi connectivity index (χ2v) is 5.31. The zero-order valence-corrected chi connectivity index (χ0v) is 11.1. The number of anilines is 1.